The number of rotatable bonds is 9. The van der Waals surface area contributed by atoms with Gasteiger partial charge in [0.2, 0.25) is 0 Å². The van der Waals surface area contributed by atoms with E-state index in [4.69, 9.17) is 9.05 Å². The zero-order chi connectivity index (χ0) is 16.6. The lowest BCUT2D eigenvalue weighted by atomic mass is 10.4. The molecule has 0 radical (unpaired) electrons. The molecule has 124 valence electrons. The Labute approximate surface area is 132 Å². The van der Waals surface area contributed by atoms with Gasteiger partial charge in [0.25, 0.3) is 0 Å². The van der Waals surface area contributed by atoms with Crippen molar-refractivity contribution in [2.45, 2.75) is 32.4 Å². The number of alkyl halides is 2. The van der Waals surface area contributed by atoms with Crippen LogP contribution in [-0.4, -0.2) is 28.1 Å². The first-order chi connectivity index (χ1) is 10.3. The molecule has 9 heteroatoms. The molecule has 0 fully saturated rings. The molecule has 0 saturated heterocycles. The van der Waals surface area contributed by atoms with Gasteiger partial charge in [-0.15, -0.1) is 0 Å². The SMILES string of the molecule is CCCC(=O)SCCOP(=O)(Oc1cccnc1)C(C)(F)F. The summed E-state index contributed by atoms with van der Waals surface area (Å²) >= 11 is 0.961. The Kier molecular flexibility index (Phi) is 7.45. The number of aromatic nitrogens is 1. The molecule has 0 aromatic carbocycles. The van der Waals surface area contributed by atoms with Crippen LogP contribution in [0.4, 0.5) is 8.78 Å². The van der Waals surface area contributed by atoms with Crippen LogP contribution in [0.2, 0.25) is 0 Å². The molecule has 0 N–H and O–H groups in total. The molecule has 1 aromatic heterocycles. The summed E-state index contributed by atoms with van der Waals surface area (Å²) in [6, 6.07) is 2.82. The fraction of sp³-hybridized carbons (Fsp3) is 0.538. The number of halogens is 2. The van der Waals surface area contributed by atoms with Gasteiger partial charge in [0.05, 0.1) is 12.8 Å². The van der Waals surface area contributed by atoms with Crippen molar-refractivity contribution in [3.63, 3.8) is 0 Å². The van der Waals surface area contributed by atoms with E-state index >= 15 is 0 Å². The molecule has 1 aromatic rings. The number of nitrogens with zero attached hydrogens (tertiary/aromatic N) is 1. The Hall–Kier alpha value is -0.980. The Morgan fingerprint density at radius 1 is 1.50 bits per heavy atom. The summed E-state index contributed by atoms with van der Waals surface area (Å²) in [6.07, 6.45) is 3.71. The third-order valence-corrected chi connectivity index (χ3v) is 5.23. The second kappa shape index (κ2) is 8.60. The maximum Gasteiger partial charge on any atom is 0.448 e. The number of hydrogen-bond acceptors (Lipinski definition) is 6. The predicted molar refractivity (Wildman–Crippen MR) is 81.4 cm³/mol. The summed E-state index contributed by atoms with van der Waals surface area (Å²) in [6.45, 7) is 2.06. The minimum atomic E-state index is -4.70. The van der Waals surface area contributed by atoms with E-state index in [1.807, 2.05) is 6.92 Å². The van der Waals surface area contributed by atoms with Crippen LogP contribution in [0, 0.1) is 0 Å². The molecule has 1 rings (SSSR count). The summed E-state index contributed by atoms with van der Waals surface area (Å²) in [4.78, 5) is 15.0. The summed E-state index contributed by atoms with van der Waals surface area (Å²) in [5.41, 5.74) is -3.67. The van der Waals surface area contributed by atoms with Crippen LogP contribution in [0.15, 0.2) is 24.5 Å². The van der Waals surface area contributed by atoms with Gasteiger partial charge >= 0.3 is 13.3 Å². The van der Waals surface area contributed by atoms with E-state index in [1.165, 1.54) is 24.5 Å². The molecule has 0 aliphatic rings. The van der Waals surface area contributed by atoms with Crippen LogP contribution < -0.4 is 4.52 Å². The van der Waals surface area contributed by atoms with E-state index in [1.54, 1.807) is 0 Å². The van der Waals surface area contributed by atoms with E-state index in [9.17, 15) is 18.1 Å². The Bertz CT molecular complexity index is 525. The van der Waals surface area contributed by atoms with Gasteiger partial charge in [-0.1, -0.05) is 18.7 Å². The Morgan fingerprint density at radius 3 is 2.77 bits per heavy atom. The fourth-order valence-electron chi connectivity index (χ4n) is 1.35. The highest BCUT2D eigenvalue weighted by Crippen LogP contribution is 2.61. The molecule has 0 bridgehead atoms. The molecule has 1 unspecified atom stereocenters. The Morgan fingerprint density at radius 2 is 2.23 bits per heavy atom. The summed E-state index contributed by atoms with van der Waals surface area (Å²) in [5, 5.41) is -0.0580. The van der Waals surface area contributed by atoms with Crippen LogP contribution in [0.1, 0.15) is 26.7 Å². The minimum Gasteiger partial charge on any atom is -0.419 e. The first kappa shape index (κ1) is 19.1. The molecule has 0 spiro atoms. The van der Waals surface area contributed by atoms with E-state index in [0.717, 1.165) is 11.8 Å². The average molecular weight is 353 g/mol. The van der Waals surface area contributed by atoms with Crippen LogP contribution in [0.3, 0.4) is 0 Å². The van der Waals surface area contributed by atoms with E-state index in [0.29, 0.717) is 19.8 Å². The summed E-state index contributed by atoms with van der Waals surface area (Å²) in [7, 11) is -4.70. The highest BCUT2D eigenvalue weighted by Gasteiger charge is 2.50. The highest BCUT2D eigenvalue weighted by molar-refractivity contribution is 8.13. The van der Waals surface area contributed by atoms with Gasteiger partial charge in [0, 0.05) is 25.3 Å². The van der Waals surface area contributed by atoms with Crippen LogP contribution >= 0.6 is 19.4 Å². The van der Waals surface area contributed by atoms with Crippen molar-refractivity contribution in [3.05, 3.63) is 24.5 Å². The summed E-state index contributed by atoms with van der Waals surface area (Å²) < 4.78 is 49.0. The van der Waals surface area contributed by atoms with Crippen molar-refractivity contribution >= 4 is 24.5 Å². The smallest absolute Gasteiger partial charge is 0.419 e. The third kappa shape index (κ3) is 6.02. The second-order valence-corrected chi connectivity index (χ2v) is 7.80. The van der Waals surface area contributed by atoms with Gasteiger partial charge in [-0.3, -0.25) is 14.3 Å². The molecular weight excluding hydrogens is 335 g/mol. The van der Waals surface area contributed by atoms with Crippen LogP contribution in [-0.2, 0) is 13.9 Å². The van der Waals surface area contributed by atoms with Crippen molar-refractivity contribution in [2.75, 3.05) is 12.4 Å². The number of carbonyl (C=O) groups excluding carboxylic acids is 1. The zero-order valence-electron chi connectivity index (χ0n) is 12.3. The van der Waals surface area contributed by atoms with E-state index < -0.39 is 13.3 Å². The lowest BCUT2D eigenvalue weighted by molar-refractivity contribution is -0.111. The number of pyridine rings is 1. The topological polar surface area (TPSA) is 65.5 Å². The Balaban J connectivity index is 2.62. The van der Waals surface area contributed by atoms with Gasteiger partial charge in [-0.25, -0.2) is 4.57 Å². The molecule has 0 amide bonds. The molecular formula is C13H18F2NO4PS. The van der Waals surface area contributed by atoms with Gasteiger partial charge in [0.1, 0.15) is 5.75 Å². The van der Waals surface area contributed by atoms with E-state index in [-0.39, 0.29) is 23.2 Å². The van der Waals surface area contributed by atoms with E-state index in [2.05, 4.69) is 4.98 Å². The van der Waals surface area contributed by atoms with Gasteiger partial charge in [-0.05, 0) is 18.6 Å². The normalized spacial score (nSPS) is 14.4. The van der Waals surface area contributed by atoms with Gasteiger partial charge in [-0.2, -0.15) is 8.78 Å². The molecule has 1 atom stereocenters. The summed E-state index contributed by atoms with van der Waals surface area (Å²) in [5.74, 6) is 0.0667. The molecule has 0 aliphatic heterocycles. The quantitative estimate of drug-likeness (QED) is 0.486. The molecule has 22 heavy (non-hydrogen) atoms. The third-order valence-electron chi connectivity index (χ3n) is 2.40. The lowest BCUT2D eigenvalue weighted by Gasteiger charge is -2.23. The molecule has 5 nitrogen and oxygen atoms in total. The van der Waals surface area contributed by atoms with Gasteiger partial charge in [0.15, 0.2) is 5.12 Å². The van der Waals surface area contributed by atoms with Crippen molar-refractivity contribution in [2.24, 2.45) is 0 Å². The average Bonchev–Trinajstić information content (AvgIpc) is 2.44. The molecule has 0 saturated carbocycles. The molecule has 0 aliphatic carbocycles. The minimum absolute atomic E-state index is 0.0580. The first-order valence-corrected chi connectivity index (χ1v) is 9.19. The number of hydrogen-bond donors (Lipinski definition) is 0. The van der Waals surface area contributed by atoms with Gasteiger partial charge < -0.3 is 4.52 Å². The predicted octanol–water partition coefficient (Wildman–Crippen LogP) is 4.34. The van der Waals surface area contributed by atoms with Crippen molar-refractivity contribution in [3.8, 4) is 5.75 Å². The largest absolute Gasteiger partial charge is 0.448 e. The number of carbonyl (C=O) groups is 1. The number of thioether (sulfide) groups is 1. The van der Waals surface area contributed by atoms with Crippen LogP contribution in [0.25, 0.3) is 0 Å². The maximum atomic E-state index is 13.6. The molecule has 1 heterocycles. The standard InChI is InChI=1S/C13H18F2NO4PS/c1-3-5-12(17)22-9-8-19-21(18,13(2,14)15)20-11-6-4-7-16-10-11/h4,6-7,10H,3,5,8-9H2,1-2H3. The lowest BCUT2D eigenvalue weighted by Crippen LogP contribution is -2.18. The zero-order valence-corrected chi connectivity index (χ0v) is 14.0. The second-order valence-electron chi connectivity index (χ2n) is 4.42. The van der Waals surface area contributed by atoms with Crippen LogP contribution in [0.5, 0.6) is 5.75 Å². The van der Waals surface area contributed by atoms with Crippen molar-refractivity contribution in [1.29, 1.82) is 0 Å². The fourth-order valence-corrected chi connectivity index (χ4v) is 3.37. The first-order valence-electron chi connectivity index (χ1n) is 6.66. The van der Waals surface area contributed by atoms with Crippen molar-refractivity contribution < 1.29 is 27.2 Å². The monoisotopic (exact) mass is 353 g/mol. The van der Waals surface area contributed by atoms with Crippen molar-refractivity contribution in [1.82, 2.24) is 4.98 Å². The maximum absolute atomic E-state index is 13.6. The highest BCUT2D eigenvalue weighted by atomic mass is 32.2.